The summed E-state index contributed by atoms with van der Waals surface area (Å²) in [6.45, 7) is 11.9. The lowest BCUT2D eigenvalue weighted by molar-refractivity contribution is -0.128. The summed E-state index contributed by atoms with van der Waals surface area (Å²) < 4.78 is 11.2. The predicted octanol–water partition coefficient (Wildman–Crippen LogP) is 3.89. The van der Waals surface area contributed by atoms with E-state index in [1.165, 1.54) is 29.4 Å². The van der Waals surface area contributed by atoms with Crippen LogP contribution in [0, 0.1) is 5.92 Å². The van der Waals surface area contributed by atoms with Crippen LogP contribution in [0.4, 0.5) is 16.6 Å². The highest BCUT2D eigenvalue weighted by Gasteiger charge is 2.32. The minimum atomic E-state index is -0.496. The van der Waals surface area contributed by atoms with Gasteiger partial charge in [-0.3, -0.25) is 14.6 Å². The largest absolute Gasteiger partial charge is 0.444 e. The first kappa shape index (κ1) is 30.9. The lowest BCUT2D eigenvalue weighted by Crippen LogP contribution is -2.49. The fraction of sp³-hybridized carbons (Fsp3) is 0.562. The van der Waals surface area contributed by atoms with Crippen LogP contribution in [0.5, 0.6) is 0 Å². The normalized spacial score (nSPS) is 18.2. The zero-order valence-corrected chi connectivity index (χ0v) is 25.3. The van der Waals surface area contributed by atoms with Crippen molar-refractivity contribution in [2.45, 2.75) is 64.3 Å². The first-order valence-corrected chi connectivity index (χ1v) is 15.3. The van der Waals surface area contributed by atoms with E-state index >= 15 is 0 Å². The van der Waals surface area contributed by atoms with Crippen LogP contribution < -0.4 is 10.2 Å². The number of benzene rings is 1. The van der Waals surface area contributed by atoms with Crippen LogP contribution in [-0.4, -0.2) is 88.4 Å². The number of hydrogen-bond acceptors (Lipinski definition) is 9. The van der Waals surface area contributed by atoms with Crippen molar-refractivity contribution in [1.29, 1.82) is 0 Å². The van der Waals surface area contributed by atoms with Gasteiger partial charge in [-0.05, 0) is 49.8 Å². The van der Waals surface area contributed by atoms with Gasteiger partial charge in [-0.1, -0.05) is 43.7 Å². The van der Waals surface area contributed by atoms with E-state index in [9.17, 15) is 14.7 Å². The molecule has 5 rings (SSSR count). The first-order valence-electron chi connectivity index (χ1n) is 15.3. The van der Waals surface area contributed by atoms with E-state index in [2.05, 4.69) is 51.0 Å². The molecule has 0 bridgehead atoms. The van der Waals surface area contributed by atoms with Crippen molar-refractivity contribution >= 4 is 23.8 Å². The number of anilines is 2. The van der Waals surface area contributed by atoms with Crippen molar-refractivity contribution in [2.75, 3.05) is 56.2 Å². The Labute approximate surface area is 253 Å². The molecule has 1 unspecified atom stereocenters. The molecule has 2 amide bonds. The van der Waals surface area contributed by atoms with E-state index in [4.69, 9.17) is 9.47 Å². The van der Waals surface area contributed by atoms with E-state index < -0.39 is 11.7 Å². The Morgan fingerprint density at radius 1 is 1.23 bits per heavy atom. The Morgan fingerprint density at radius 3 is 2.65 bits per heavy atom. The molecule has 2 fully saturated rings. The van der Waals surface area contributed by atoms with E-state index in [1.807, 2.05) is 18.7 Å². The van der Waals surface area contributed by atoms with Gasteiger partial charge in [0.05, 0.1) is 24.3 Å². The summed E-state index contributed by atoms with van der Waals surface area (Å²) in [6.07, 6.45) is 6.89. The molecule has 1 aliphatic carbocycles. The molecule has 232 valence electrons. The number of nitrogens with zero attached hydrogens (tertiary/aromatic N) is 5. The van der Waals surface area contributed by atoms with Crippen molar-refractivity contribution in [1.82, 2.24) is 19.8 Å². The highest BCUT2D eigenvalue weighted by molar-refractivity contribution is 5.89. The Balaban J connectivity index is 1.20. The Hall–Kier alpha value is -3.54. The highest BCUT2D eigenvalue weighted by Crippen LogP contribution is 2.40. The maximum Gasteiger partial charge on any atom is 0.415 e. The van der Waals surface area contributed by atoms with Gasteiger partial charge in [0.1, 0.15) is 12.4 Å². The molecule has 1 saturated heterocycles. The molecular weight excluding hydrogens is 548 g/mol. The molecule has 1 atom stereocenters. The van der Waals surface area contributed by atoms with Crippen LogP contribution in [0.2, 0.25) is 0 Å². The molecule has 43 heavy (non-hydrogen) atoms. The smallest absolute Gasteiger partial charge is 0.415 e. The SMILES string of the molecule is C=CC(=O)N1CCN(C(CC2CC2)c2ccc(CNc3ncc4c(n3)N(CCOC(C)(C)CCO)C(=O)OC4)cc2)CC1. The van der Waals surface area contributed by atoms with Crippen LogP contribution in [-0.2, 0) is 27.4 Å². The minimum absolute atomic E-state index is 0.0121. The Bertz CT molecular complexity index is 1270. The molecule has 1 saturated carbocycles. The van der Waals surface area contributed by atoms with Gasteiger partial charge in [0.25, 0.3) is 0 Å². The number of piperazine rings is 1. The summed E-state index contributed by atoms with van der Waals surface area (Å²) in [5.41, 5.74) is 2.65. The van der Waals surface area contributed by atoms with Gasteiger partial charge >= 0.3 is 6.09 Å². The molecule has 2 N–H and O–H groups in total. The summed E-state index contributed by atoms with van der Waals surface area (Å²) in [4.78, 5) is 39.6. The number of aliphatic hydroxyl groups is 1. The molecule has 0 radical (unpaired) electrons. The number of cyclic esters (lactones) is 1. The predicted molar refractivity (Wildman–Crippen MR) is 163 cm³/mol. The molecule has 2 aromatic rings. The van der Waals surface area contributed by atoms with Crippen molar-refractivity contribution < 1.29 is 24.2 Å². The molecule has 0 spiro atoms. The zero-order valence-electron chi connectivity index (χ0n) is 25.3. The van der Waals surface area contributed by atoms with Gasteiger partial charge in [0, 0.05) is 51.6 Å². The van der Waals surface area contributed by atoms with E-state index in [-0.39, 0.29) is 32.3 Å². The van der Waals surface area contributed by atoms with E-state index in [0.29, 0.717) is 30.8 Å². The van der Waals surface area contributed by atoms with Crippen LogP contribution in [0.15, 0.2) is 43.1 Å². The number of fused-ring (bicyclic) bond motifs is 1. The van der Waals surface area contributed by atoms with Gasteiger partial charge < -0.3 is 24.8 Å². The van der Waals surface area contributed by atoms with Crippen LogP contribution in [0.3, 0.4) is 0 Å². The van der Waals surface area contributed by atoms with Gasteiger partial charge in [-0.25, -0.2) is 9.78 Å². The monoisotopic (exact) mass is 592 g/mol. The number of carbonyl (C=O) groups is 2. The summed E-state index contributed by atoms with van der Waals surface area (Å²) in [7, 11) is 0. The second kappa shape index (κ2) is 13.8. The number of aliphatic hydroxyl groups excluding tert-OH is 1. The number of ether oxygens (including phenoxy) is 2. The second-order valence-corrected chi connectivity index (χ2v) is 12.2. The summed E-state index contributed by atoms with van der Waals surface area (Å²) in [5.74, 6) is 1.75. The third kappa shape index (κ3) is 8.10. The molecule has 1 aromatic heterocycles. The van der Waals surface area contributed by atoms with E-state index in [1.54, 1.807) is 6.20 Å². The number of hydrogen-bond donors (Lipinski definition) is 2. The fourth-order valence-electron chi connectivity index (χ4n) is 5.66. The number of rotatable bonds is 14. The molecule has 3 aliphatic rings. The first-order chi connectivity index (χ1) is 20.8. The Morgan fingerprint density at radius 2 is 1.98 bits per heavy atom. The lowest BCUT2D eigenvalue weighted by Gasteiger charge is -2.39. The molecular formula is C32H44N6O5. The van der Waals surface area contributed by atoms with Crippen LogP contribution in [0.1, 0.15) is 62.3 Å². The van der Waals surface area contributed by atoms with Crippen LogP contribution >= 0.6 is 0 Å². The quantitative estimate of drug-likeness (QED) is 0.315. The lowest BCUT2D eigenvalue weighted by atomic mass is 9.97. The van der Waals surface area contributed by atoms with Gasteiger partial charge in [0.15, 0.2) is 0 Å². The maximum absolute atomic E-state index is 12.6. The van der Waals surface area contributed by atoms with Crippen molar-refractivity contribution in [3.8, 4) is 0 Å². The number of aromatic nitrogens is 2. The fourth-order valence-corrected chi connectivity index (χ4v) is 5.66. The molecule has 3 heterocycles. The number of carbonyl (C=O) groups excluding carboxylic acids is 2. The van der Waals surface area contributed by atoms with Crippen LogP contribution in [0.25, 0.3) is 0 Å². The summed E-state index contributed by atoms with van der Waals surface area (Å²) in [6, 6.07) is 9.08. The van der Waals surface area contributed by atoms with E-state index in [0.717, 1.165) is 49.6 Å². The molecule has 1 aromatic carbocycles. The summed E-state index contributed by atoms with van der Waals surface area (Å²) in [5, 5.41) is 12.5. The average molecular weight is 593 g/mol. The zero-order chi connectivity index (χ0) is 30.4. The third-order valence-electron chi connectivity index (χ3n) is 8.50. The molecule has 11 nitrogen and oxygen atoms in total. The van der Waals surface area contributed by atoms with Crippen molar-refractivity contribution in [3.63, 3.8) is 0 Å². The second-order valence-electron chi connectivity index (χ2n) is 12.2. The van der Waals surface area contributed by atoms with Crippen molar-refractivity contribution in [3.05, 3.63) is 59.8 Å². The third-order valence-corrected chi connectivity index (χ3v) is 8.50. The summed E-state index contributed by atoms with van der Waals surface area (Å²) >= 11 is 0. The standard InChI is InChI=1S/C32H44N6O5/c1-4-28(40)37-14-12-36(13-15-37)27(19-23-5-6-23)25-9-7-24(8-10-25)20-33-30-34-21-26-22-42-31(41)38(29(26)35-30)16-18-43-32(2,3)11-17-39/h4,7-10,21,23,27,39H,1,5-6,11-20,22H2,2-3H3,(H,33,34,35). The Kier molecular flexibility index (Phi) is 9.94. The highest BCUT2D eigenvalue weighted by atomic mass is 16.6. The number of amides is 2. The minimum Gasteiger partial charge on any atom is -0.444 e. The topological polar surface area (TPSA) is 120 Å². The molecule has 2 aliphatic heterocycles. The van der Waals surface area contributed by atoms with Gasteiger partial charge in [0.2, 0.25) is 11.9 Å². The molecule has 11 heteroatoms. The van der Waals surface area contributed by atoms with Gasteiger partial charge in [-0.2, -0.15) is 4.98 Å². The number of nitrogens with one attached hydrogen (secondary N) is 1. The average Bonchev–Trinajstić information content (AvgIpc) is 3.84. The van der Waals surface area contributed by atoms with Gasteiger partial charge in [-0.15, -0.1) is 0 Å². The van der Waals surface area contributed by atoms with Crippen molar-refractivity contribution in [2.24, 2.45) is 5.92 Å². The maximum atomic E-state index is 12.6.